The smallest absolute Gasteiger partial charge is 0.258 e. The molecule has 2 aromatic rings. The van der Waals surface area contributed by atoms with Crippen molar-refractivity contribution < 1.29 is 18.7 Å². The summed E-state index contributed by atoms with van der Waals surface area (Å²) in [5, 5.41) is 8.69. The highest BCUT2D eigenvalue weighted by Gasteiger charge is 2.17. The lowest BCUT2D eigenvalue weighted by molar-refractivity contribution is 0.0239. The maximum atomic E-state index is 13.8. The third-order valence-electron chi connectivity index (χ3n) is 4.29. The lowest BCUT2D eigenvalue weighted by Crippen LogP contribution is -2.40. The van der Waals surface area contributed by atoms with Crippen molar-refractivity contribution in [3.05, 3.63) is 65.5 Å². The molecule has 1 atom stereocenters. The Morgan fingerprint density at radius 1 is 1.07 bits per heavy atom. The molecule has 0 aromatic heterocycles. The van der Waals surface area contributed by atoms with Crippen molar-refractivity contribution in [3.8, 4) is 0 Å². The molecule has 27 heavy (non-hydrogen) atoms. The number of para-hydroxylation sites is 1. The van der Waals surface area contributed by atoms with Gasteiger partial charge in [0, 0.05) is 19.6 Å². The lowest BCUT2D eigenvalue weighted by atomic mass is 10.1. The fourth-order valence-corrected chi connectivity index (χ4v) is 2.87. The van der Waals surface area contributed by atoms with Crippen LogP contribution in [0.1, 0.15) is 27.1 Å². The summed E-state index contributed by atoms with van der Waals surface area (Å²) in [6.07, 6.45) is 0.776. The summed E-state index contributed by atoms with van der Waals surface area (Å²) in [6.45, 7) is 2.74. The summed E-state index contributed by atoms with van der Waals surface area (Å²) < 4.78 is 19.4. The minimum absolute atomic E-state index is 0.0744. The Morgan fingerprint density at radius 3 is 2.56 bits per heavy atom. The van der Waals surface area contributed by atoms with E-state index >= 15 is 0 Å². The van der Waals surface area contributed by atoms with E-state index in [2.05, 4.69) is 16.0 Å². The van der Waals surface area contributed by atoms with Gasteiger partial charge in [-0.1, -0.05) is 24.3 Å². The van der Waals surface area contributed by atoms with Gasteiger partial charge in [-0.25, -0.2) is 4.39 Å². The second-order valence-corrected chi connectivity index (χ2v) is 6.22. The van der Waals surface area contributed by atoms with Crippen molar-refractivity contribution in [2.24, 2.45) is 0 Å². The van der Waals surface area contributed by atoms with Gasteiger partial charge in [-0.2, -0.15) is 0 Å². The van der Waals surface area contributed by atoms with Crippen LogP contribution in [0.4, 0.5) is 10.1 Å². The monoisotopic (exact) mass is 371 g/mol. The Balaban J connectivity index is 1.62. The first kappa shape index (κ1) is 19.0. The topological polar surface area (TPSA) is 79.5 Å². The fraction of sp³-hybridized carbons (Fsp3) is 0.300. The van der Waals surface area contributed by atoms with Crippen LogP contribution in [0.5, 0.6) is 0 Å². The van der Waals surface area contributed by atoms with Crippen LogP contribution in [0.2, 0.25) is 0 Å². The van der Waals surface area contributed by atoms with Crippen LogP contribution in [0.15, 0.2) is 48.5 Å². The molecule has 0 saturated carbocycles. The Morgan fingerprint density at radius 2 is 1.81 bits per heavy atom. The Labute approximate surface area is 157 Å². The van der Waals surface area contributed by atoms with Gasteiger partial charge in [0.05, 0.1) is 29.5 Å². The molecule has 142 valence electrons. The number of ether oxygens (including phenoxy) is 1. The van der Waals surface area contributed by atoms with Crippen molar-refractivity contribution >= 4 is 17.5 Å². The third kappa shape index (κ3) is 5.12. The highest BCUT2D eigenvalue weighted by atomic mass is 19.1. The molecule has 0 radical (unpaired) electrons. The van der Waals surface area contributed by atoms with Crippen LogP contribution < -0.4 is 16.0 Å². The van der Waals surface area contributed by atoms with E-state index in [1.807, 2.05) is 0 Å². The molecule has 3 N–H and O–H groups in total. The van der Waals surface area contributed by atoms with Gasteiger partial charge in [0.1, 0.15) is 5.82 Å². The van der Waals surface area contributed by atoms with Crippen molar-refractivity contribution in [1.29, 1.82) is 0 Å². The number of carbonyl (C=O) groups is 2. The molecule has 0 spiro atoms. The van der Waals surface area contributed by atoms with Crippen LogP contribution in [-0.4, -0.2) is 44.2 Å². The van der Waals surface area contributed by atoms with E-state index in [0.29, 0.717) is 30.8 Å². The third-order valence-corrected chi connectivity index (χ3v) is 4.29. The molecule has 1 saturated heterocycles. The minimum atomic E-state index is -0.613. The first-order chi connectivity index (χ1) is 13.1. The number of rotatable bonds is 6. The quantitative estimate of drug-likeness (QED) is 0.727. The summed E-state index contributed by atoms with van der Waals surface area (Å²) in [5.74, 6) is -1.52. The first-order valence-electron chi connectivity index (χ1n) is 8.90. The molecular formula is C20H22FN3O3. The average Bonchev–Trinajstić information content (AvgIpc) is 2.69. The van der Waals surface area contributed by atoms with Gasteiger partial charge in [0.2, 0.25) is 0 Å². The molecule has 7 heteroatoms. The number of nitrogens with one attached hydrogen (secondary N) is 3. The van der Waals surface area contributed by atoms with E-state index in [-0.39, 0.29) is 17.6 Å². The molecule has 1 aliphatic rings. The largest absolute Gasteiger partial charge is 0.376 e. The van der Waals surface area contributed by atoms with E-state index in [1.165, 1.54) is 18.2 Å². The second kappa shape index (κ2) is 9.25. The minimum Gasteiger partial charge on any atom is -0.376 e. The zero-order chi connectivity index (χ0) is 19.1. The second-order valence-electron chi connectivity index (χ2n) is 6.22. The van der Waals surface area contributed by atoms with Gasteiger partial charge < -0.3 is 20.7 Å². The van der Waals surface area contributed by atoms with Crippen LogP contribution in [-0.2, 0) is 4.74 Å². The number of hydrogen-bond donors (Lipinski definition) is 3. The van der Waals surface area contributed by atoms with Crippen LogP contribution in [0, 0.1) is 5.82 Å². The summed E-state index contributed by atoms with van der Waals surface area (Å²) in [5.41, 5.74) is 0.582. The van der Waals surface area contributed by atoms with E-state index in [1.54, 1.807) is 30.3 Å². The number of amides is 2. The summed E-state index contributed by atoms with van der Waals surface area (Å²) in [7, 11) is 0. The highest BCUT2D eigenvalue weighted by Crippen LogP contribution is 2.17. The highest BCUT2D eigenvalue weighted by molar-refractivity contribution is 6.09. The number of hydrogen-bond acceptors (Lipinski definition) is 4. The van der Waals surface area contributed by atoms with E-state index < -0.39 is 11.7 Å². The number of benzene rings is 2. The van der Waals surface area contributed by atoms with Gasteiger partial charge in [0.25, 0.3) is 11.8 Å². The molecule has 2 aromatic carbocycles. The molecule has 6 nitrogen and oxygen atoms in total. The van der Waals surface area contributed by atoms with E-state index in [4.69, 9.17) is 4.74 Å². The molecule has 1 unspecified atom stereocenters. The molecular weight excluding hydrogens is 349 g/mol. The number of anilines is 1. The number of halogens is 1. The van der Waals surface area contributed by atoms with E-state index in [9.17, 15) is 14.0 Å². The van der Waals surface area contributed by atoms with Gasteiger partial charge >= 0.3 is 0 Å². The number of carbonyl (C=O) groups excluding carboxylic acids is 2. The van der Waals surface area contributed by atoms with Gasteiger partial charge in [-0.3, -0.25) is 9.59 Å². The van der Waals surface area contributed by atoms with Crippen LogP contribution in [0.3, 0.4) is 0 Å². The summed E-state index contributed by atoms with van der Waals surface area (Å²) in [6, 6.07) is 12.4. The van der Waals surface area contributed by atoms with Crippen molar-refractivity contribution in [2.75, 3.05) is 31.6 Å². The molecule has 0 aliphatic carbocycles. The molecule has 1 aliphatic heterocycles. The summed E-state index contributed by atoms with van der Waals surface area (Å²) in [4.78, 5) is 24.8. The number of morpholine rings is 1. The first-order valence-corrected chi connectivity index (χ1v) is 8.90. The summed E-state index contributed by atoms with van der Waals surface area (Å²) >= 11 is 0. The normalized spacial score (nSPS) is 16.6. The molecule has 2 amide bonds. The Bertz CT molecular complexity index is 807. The van der Waals surface area contributed by atoms with Gasteiger partial charge in [0.15, 0.2) is 0 Å². The zero-order valence-electron chi connectivity index (χ0n) is 14.8. The standard InChI is InChI=1S/C20H22FN3O3/c21-17-7-3-1-5-15(17)20(26)24-18-8-4-2-6-16(18)19(25)23-10-9-14-13-22-11-12-27-14/h1-8,14,22H,9-13H2,(H,23,25)(H,24,26). The Hall–Kier alpha value is -2.77. The van der Waals surface area contributed by atoms with Crippen molar-refractivity contribution in [2.45, 2.75) is 12.5 Å². The average molecular weight is 371 g/mol. The SMILES string of the molecule is O=C(Nc1ccccc1C(=O)NCCC1CNCCO1)c1ccccc1F. The zero-order valence-corrected chi connectivity index (χ0v) is 14.8. The molecule has 3 rings (SSSR count). The van der Waals surface area contributed by atoms with Crippen molar-refractivity contribution in [3.63, 3.8) is 0 Å². The van der Waals surface area contributed by atoms with E-state index in [0.717, 1.165) is 13.1 Å². The molecule has 0 bridgehead atoms. The van der Waals surface area contributed by atoms with Crippen molar-refractivity contribution in [1.82, 2.24) is 10.6 Å². The molecule has 1 heterocycles. The fourth-order valence-electron chi connectivity index (χ4n) is 2.87. The predicted octanol–water partition coefficient (Wildman–Crippen LogP) is 2.19. The maximum absolute atomic E-state index is 13.8. The predicted molar refractivity (Wildman–Crippen MR) is 100 cm³/mol. The van der Waals surface area contributed by atoms with Crippen LogP contribution in [0.25, 0.3) is 0 Å². The molecule has 1 fully saturated rings. The Kier molecular flexibility index (Phi) is 6.51. The maximum Gasteiger partial charge on any atom is 0.258 e. The van der Waals surface area contributed by atoms with Crippen LogP contribution >= 0.6 is 0 Å². The lowest BCUT2D eigenvalue weighted by Gasteiger charge is -2.23. The van der Waals surface area contributed by atoms with Gasteiger partial charge in [-0.05, 0) is 30.7 Å². The van der Waals surface area contributed by atoms with Gasteiger partial charge in [-0.15, -0.1) is 0 Å².